The van der Waals surface area contributed by atoms with E-state index in [1.807, 2.05) is 31.2 Å². The highest BCUT2D eigenvalue weighted by molar-refractivity contribution is 7.90. The molecule has 0 unspecified atom stereocenters. The molecule has 1 heterocycles. The molecule has 4 rings (SSSR count). The number of carbonyl (C=O) groups is 3. The molecule has 9 heteroatoms. The minimum Gasteiger partial charge on any atom is -0.352 e. The zero-order valence-electron chi connectivity index (χ0n) is 20.8. The Balaban J connectivity index is 1.43. The highest BCUT2D eigenvalue weighted by atomic mass is 32.2. The first-order valence-corrected chi connectivity index (χ1v) is 13.9. The van der Waals surface area contributed by atoms with Gasteiger partial charge in [-0.05, 0) is 50.8 Å². The topological polar surface area (TPSA) is 104 Å². The summed E-state index contributed by atoms with van der Waals surface area (Å²) in [6.07, 6.45) is 4.26. The molecule has 0 saturated heterocycles. The number of fused-ring (bicyclic) bond motifs is 1. The smallest absolute Gasteiger partial charge is 0.269 e. The highest BCUT2D eigenvalue weighted by Gasteiger charge is 2.40. The van der Waals surface area contributed by atoms with Crippen LogP contribution in [-0.2, 0) is 26.2 Å². The maximum Gasteiger partial charge on any atom is 0.269 e. The fourth-order valence-corrected chi connectivity index (χ4v) is 6.44. The van der Waals surface area contributed by atoms with E-state index in [1.54, 1.807) is 24.0 Å². The maximum atomic E-state index is 13.3. The number of rotatable bonds is 9. The van der Waals surface area contributed by atoms with Gasteiger partial charge in [0.05, 0.1) is 5.56 Å². The Morgan fingerprint density at radius 2 is 1.75 bits per heavy atom. The lowest BCUT2D eigenvalue weighted by Crippen LogP contribution is -2.49. The molecule has 1 saturated carbocycles. The Morgan fingerprint density at radius 3 is 2.42 bits per heavy atom. The minimum absolute atomic E-state index is 0.000435. The Bertz CT molecular complexity index is 1240. The first-order valence-electron chi connectivity index (χ1n) is 12.5. The summed E-state index contributed by atoms with van der Waals surface area (Å²) in [5, 5.41) is 3.07. The van der Waals surface area contributed by atoms with Gasteiger partial charge >= 0.3 is 0 Å². The number of hydrogen-bond donors (Lipinski definition) is 1. The van der Waals surface area contributed by atoms with Crippen LogP contribution < -0.4 is 5.32 Å². The van der Waals surface area contributed by atoms with Crippen molar-refractivity contribution in [2.45, 2.75) is 75.9 Å². The molecule has 1 N–H and O–H groups in total. The van der Waals surface area contributed by atoms with E-state index in [0.29, 0.717) is 0 Å². The van der Waals surface area contributed by atoms with E-state index >= 15 is 0 Å². The fraction of sp³-hybridized carbons (Fsp3) is 0.444. The number of benzene rings is 2. The molecule has 0 spiro atoms. The SMILES string of the molecule is Cc1ccc(CN(C(=O)CCCN2C(=O)c3ccccc3S2(=O)=O)[C@@H](C)C(=O)NC2CCCC2)cc1. The summed E-state index contributed by atoms with van der Waals surface area (Å²) >= 11 is 0. The Kier molecular flexibility index (Phi) is 7.78. The van der Waals surface area contributed by atoms with E-state index in [-0.39, 0.29) is 54.2 Å². The van der Waals surface area contributed by atoms with E-state index in [0.717, 1.165) is 41.1 Å². The normalized spacial score (nSPS) is 17.6. The molecule has 192 valence electrons. The maximum absolute atomic E-state index is 13.3. The van der Waals surface area contributed by atoms with Gasteiger partial charge in [-0.1, -0.05) is 54.8 Å². The molecule has 1 fully saturated rings. The van der Waals surface area contributed by atoms with E-state index in [4.69, 9.17) is 0 Å². The summed E-state index contributed by atoms with van der Waals surface area (Å²) in [4.78, 5) is 40.5. The van der Waals surface area contributed by atoms with Crippen molar-refractivity contribution in [1.29, 1.82) is 0 Å². The molecule has 0 bridgehead atoms. The summed E-state index contributed by atoms with van der Waals surface area (Å²) in [7, 11) is -3.91. The van der Waals surface area contributed by atoms with E-state index in [2.05, 4.69) is 5.32 Å². The lowest BCUT2D eigenvalue weighted by Gasteiger charge is -2.30. The van der Waals surface area contributed by atoms with Crippen molar-refractivity contribution < 1.29 is 22.8 Å². The van der Waals surface area contributed by atoms with Crippen LogP contribution in [0.4, 0.5) is 0 Å². The van der Waals surface area contributed by atoms with Crippen LogP contribution in [0.15, 0.2) is 53.4 Å². The van der Waals surface area contributed by atoms with Crippen molar-refractivity contribution >= 4 is 27.7 Å². The molecule has 0 radical (unpaired) electrons. The van der Waals surface area contributed by atoms with Crippen LogP contribution >= 0.6 is 0 Å². The summed E-state index contributed by atoms with van der Waals surface area (Å²) in [6, 6.07) is 13.4. The molecule has 8 nitrogen and oxygen atoms in total. The van der Waals surface area contributed by atoms with Gasteiger partial charge in [0.25, 0.3) is 15.9 Å². The van der Waals surface area contributed by atoms with Crippen molar-refractivity contribution in [2.75, 3.05) is 6.54 Å². The molecule has 1 aliphatic heterocycles. The van der Waals surface area contributed by atoms with Gasteiger partial charge in [0, 0.05) is 25.6 Å². The van der Waals surface area contributed by atoms with E-state index in [9.17, 15) is 22.8 Å². The summed E-state index contributed by atoms with van der Waals surface area (Å²) in [5.74, 6) is -1.01. The van der Waals surface area contributed by atoms with Crippen LogP contribution in [0.1, 0.15) is 66.9 Å². The Morgan fingerprint density at radius 1 is 1.08 bits per heavy atom. The molecule has 1 aliphatic carbocycles. The predicted octanol–water partition coefficient (Wildman–Crippen LogP) is 3.40. The lowest BCUT2D eigenvalue weighted by molar-refractivity contribution is -0.141. The monoisotopic (exact) mass is 511 g/mol. The van der Waals surface area contributed by atoms with Gasteiger partial charge in [0.2, 0.25) is 11.8 Å². The van der Waals surface area contributed by atoms with Crippen LogP contribution in [0.25, 0.3) is 0 Å². The molecular formula is C27H33N3O5S. The molecule has 1 atom stereocenters. The highest BCUT2D eigenvalue weighted by Crippen LogP contribution is 2.30. The molecule has 2 aliphatic rings. The van der Waals surface area contributed by atoms with Crippen molar-refractivity contribution in [3.63, 3.8) is 0 Å². The predicted molar refractivity (Wildman–Crippen MR) is 135 cm³/mol. The second kappa shape index (κ2) is 10.8. The van der Waals surface area contributed by atoms with Crippen molar-refractivity contribution in [2.24, 2.45) is 0 Å². The minimum atomic E-state index is -3.91. The number of nitrogens with zero attached hydrogens (tertiary/aromatic N) is 2. The first-order chi connectivity index (χ1) is 17.2. The number of nitrogens with one attached hydrogen (secondary N) is 1. The van der Waals surface area contributed by atoms with Gasteiger partial charge in [-0.3, -0.25) is 14.4 Å². The molecular weight excluding hydrogens is 478 g/mol. The number of sulfonamides is 1. The van der Waals surface area contributed by atoms with Gasteiger partial charge in [-0.15, -0.1) is 0 Å². The van der Waals surface area contributed by atoms with Crippen LogP contribution in [0.3, 0.4) is 0 Å². The van der Waals surface area contributed by atoms with Crippen LogP contribution in [0.2, 0.25) is 0 Å². The van der Waals surface area contributed by atoms with Gasteiger partial charge < -0.3 is 10.2 Å². The lowest BCUT2D eigenvalue weighted by atomic mass is 10.1. The number of amides is 3. The van der Waals surface area contributed by atoms with Crippen molar-refractivity contribution in [3.8, 4) is 0 Å². The molecule has 0 aromatic heterocycles. The summed E-state index contributed by atoms with van der Waals surface area (Å²) < 4.78 is 26.4. The van der Waals surface area contributed by atoms with E-state index < -0.39 is 22.0 Å². The van der Waals surface area contributed by atoms with Gasteiger partial charge in [0.1, 0.15) is 10.9 Å². The van der Waals surface area contributed by atoms with Crippen LogP contribution in [-0.4, -0.2) is 54.0 Å². The quantitative estimate of drug-likeness (QED) is 0.556. The fourth-order valence-electron chi connectivity index (χ4n) is 4.83. The van der Waals surface area contributed by atoms with Gasteiger partial charge in [-0.25, -0.2) is 12.7 Å². The summed E-state index contributed by atoms with van der Waals surface area (Å²) in [5.41, 5.74) is 2.16. The number of hydrogen-bond acceptors (Lipinski definition) is 5. The third-order valence-corrected chi connectivity index (χ3v) is 8.85. The van der Waals surface area contributed by atoms with E-state index in [1.165, 1.54) is 12.1 Å². The average Bonchev–Trinajstić information content (AvgIpc) is 3.44. The largest absolute Gasteiger partial charge is 0.352 e. The number of aryl methyl sites for hydroxylation is 1. The third-order valence-electron chi connectivity index (χ3n) is 7.01. The first kappa shape index (κ1) is 25.9. The summed E-state index contributed by atoms with van der Waals surface area (Å²) in [6.45, 7) is 3.88. The van der Waals surface area contributed by atoms with Gasteiger partial charge in [0.15, 0.2) is 0 Å². The zero-order valence-corrected chi connectivity index (χ0v) is 21.6. The average molecular weight is 512 g/mol. The van der Waals surface area contributed by atoms with Crippen molar-refractivity contribution in [3.05, 3.63) is 65.2 Å². The van der Waals surface area contributed by atoms with Crippen LogP contribution in [0.5, 0.6) is 0 Å². The Labute approximate surface area is 212 Å². The Hall–Kier alpha value is -3.20. The number of carbonyl (C=O) groups excluding carboxylic acids is 3. The third kappa shape index (κ3) is 5.46. The molecule has 3 amide bonds. The molecule has 2 aromatic carbocycles. The molecule has 36 heavy (non-hydrogen) atoms. The standard InChI is InChI=1S/C27H33N3O5S/c1-19-13-15-21(16-14-19)18-29(20(2)26(32)28-22-8-3-4-9-22)25(31)12-7-17-30-27(33)23-10-5-6-11-24(23)36(30,34)35/h5-6,10-11,13-16,20,22H,3-4,7-9,12,17-18H2,1-2H3,(H,28,32)/t20-/m0/s1. The second-order valence-electron chi connectivity index (χ2n) is 9.66. The van der Waals surface area contributed by atoms with Crippen LogP contribution in [0, 0.1) is 6.92 Å². The van der Waals surface area contributed by atoms with Gasteiger partial charge in [-0.2, -0.15) is 0 Å². The molecule has 2 aromatic rings. The second-order valence-corrected chi connectivity index (χ2v) is 11.5. The zero-order chi connectivity index (χ0) is 25.9. The van der Waals surface area contributed by atoms with Crippen molar-refractivity contribution in [1.82, 2.24) is 14.5 Å².